The number of hydrogen-bond donors (Lipinski definition) is 1. The Labute approximate surface area is 154 Å². The number of anilines is 1. The van der Waals surface area contributed by atoms with Crippen LogP contribution in [0.5, 0.6) is 0 Å². The third-order valence-corrected chi connectivity index (χ3v) is 4.40. The third kappa shape index (κ3) is 5.00. The first-order chi connectivity index (χ1) is 12.8. The number of carbonyl (C=O) groups excluding carboxylic acids is 1. The fourth-order valence-corrected chi connectivity index (χ4v) is 2.93. The Hall–Kier alpha value is -2.51. The predicted octanol–water partition coefficient (Wildman–Crippen LogP) is 1.49. The lowest BCUT2D eigenvalue weighted by Gasteiger charge is -2.34. The van der Waals surface area contributed by atoms with Gasteiger partial charge in [-0.05, 0) is 5.56 Å². The first-order valence-corrected chi connectivity index (χ1v) is 8.86. The number of hydrogen-bond acceptors (Lipinski definition) is 6. The molecule has 1 amide bonds. The molecule has 138 valence electrons. The summed E-state index contributed by atoms with van der Waals surface area (Å²) in [6, 6.07) is 10.4. The molecule has 1 fully saturated rings. The van der Waals surface area contributed by atoms with E-state index in [1.807, 2.05) is 11.0 Å². The van der Waals surface area contributed by atoms with Gasteiger partial charge in [-0.3, -0.25) is 9.69 Å². The zero-order valence-electron chi connectivity index (χ0n) is 15.1. The lowest BCUT2D eigenvalue weighted by atomic mass is 10.2. The van der Waals surface area contributed by atoms with Crippen LogP contribution in [0.25, 0.3) is 0 Å². The molecule has 1 saturated heterocycles. The zero-order chi connectivity index (χ0) is 18.2. The van der Waals surface area contributed by atoms with Crippen LogP contribution in [-0.2, 0) is 11.3 Å². The first kappa shape index (κ1) is 18.3. The Kier molecular flexibility index (Phi) is 6.51. The van der Waals surface area contributed by atoms with Gasteiger partial charge in [0.25, 0.3) is 5.91 Å². The molecule has 1 aliphatic heterocycles. The van der Waals surface area contributed by atoms with Crippen LogP contribution in [0.15, 0.2) is 42.7 Å². The summed E-state index contributed by atoms with van der Waals surface area (Å²) in [6.45, 7) is 5.33. The lowest BCUT2D eigenvalue weighted by molar-refractivity contribution is 0.0627. The normalized spacial score (nSPS) is 15.0. The van der Waals surface area contributed by atoms with Gasteiger partial charge in [0, 0.05) is 58.8 Å². The number of ether oxygens (including phenoxy) is 1. The van der Waals surface area contributed by atoms with E-state index in [2.05, 4.69) is 44.5 Å². The number of nitrogens with one attached hydrogen (secondary N) is 1. The lowest BCUT2D eigenvalue weighted by Crippen LogP contribution is -2.48. The molecule has 7 heteroatoms. The molecule has 2 heterocycles. The van der Waals surface area contributed by atoms with Gasteiger partial charge in [-0.2, -0.15) is 0 Å². The molecular weight excluding hydrogens is 330 g/mol. The summed E-state index contributed by atoms with van der Waals surface area (Å²) in [7, 11) is 1.64. The van der Waals surface area contributed by atoms with Crippen molar-refractivity contribution in [3.63, 3.8) is 0 Å². The van der Waals surface area contributed by atoms with Gasteiger partial charge < -0.3 is 15.0 Å². The molecule has 3 rings (SSSR count). The summed E-state index contributed by atoms with van der Waals surface area (Å²) >= 11 is 0. The van der Waals surface area contributed by atoms with Gasteiger partial charge in [0.15, 0.2) is 0 Å². The molecule has 7 nitrogen and oxygen atoms in total. The standard InChI is InChI=1S/C19H25N5O2/c1-26-12-7-20-19-21-13-17(14-22-19)18(25)24-10-8-23(9-11-24)15-16-5-3-2-4-6-16/h2-6,13-14H,7-12,15H2,1H3,(H,20,21,22). The molecule has 1 N–H and O–H groups in total. The highest BCUT2D eigenvalue weighted by atomic mass is 16.5. The first-order valence-electron chi connectivity index (χ1n) is 8.86. The topological polar surface area (TPSA) is 70.6 Å². The second-order valence-electron chi connectivity index (χ2n) is 6.27. The molecule has 2 aromatic rings. The molecule has 1 aliphatic rings. The number of nitrogens with zero attached hydrogens (tertiary/aromatic N) is 4. The van der Waals surface area contributed by atoms with Gasteiger partial charge in [0.2, 0.25) is 5.95 Å². The van der Waals surface area contributed by atoms with Crippen molar-refractivity contribution in [2.24, 2.45) is 0 Å². The van der Waals surface area contributed by atoms with Crippen molar-refractivity contribution in [1.82, 2.24) is 19.8 Å². The number of carbonyl (C=O) groups is 1. The van der Waals surface area contributed by atoms with Crippen molar-refractivity contribution in [2.45, 2.75) is 6.54 Å². The molecule has 26 heavy (non-hydrogen) atoms. The van der Waals surface area contributed by atoms with Crippen molar-refractivity contribution < 1.29 is 9.53 Å². The Morgan fingerprint density at radius 3 is 2.46 bits per heavy atom. The Balaban J connectivity index is 1.48. The minimum Gasteiger partial charge on any atom is -0.383 e. The Bertz CT molecular complexity index is 685. The van der Waals surface area contributed by atoms with E-state index in [9.17, 15) is 4.79 Å². The largest absolute Gasteiger partial charge is 0.383 e. The van der Waals surface area contributed by atoms with Gasteiger partial charge in [0.05, 0.1) is 12.2 Å². The molecule has 1 aromatic carbocycles. The Morgan fingerprint density at radius 2 is 1.81 bits per heavy atom. The number of methoxy groups -OCH3 is 1. The predicted molar refractivity (Wildman–Crippen MR) is 100 cm³/mol. The molecule has 0 radical (unpaired) electrons. The molecule has 1 aromatic heterocycles. The van der Waals surface area contributed by atoms with Crippen molar-refractivity contribution in [1.29, 1.82) is 0 Å². The maximum Gasteiger partial charge on any atom is 0.257 e. The van der Waals surface area contributed by atoms with E-state index >= 15 is 0 Å². The summed E-state index contributed by atoms with van der Waals surface area (Å²) in [4.78, 5) is 25.3. The minimum absolute atomic E-state index is 0.00666. The number of benzene rings is 1. The fraction of sp³-hybridized carbons (Fsp3) is 0.421. The molecule has 0 atom stereocenters. The smallest absolute Gasteiger partial charge is 0.257 e. The van der Waals surface area contributed by atoms with Crippen molar-refractivity contribution in [3.05, 3.63) is 53.9 Å². The molecule has 0 aliphatic carbocycles. The highest BCUT2D eigenvalue weighted by molar-refractivity contribution is 5.93. The van der Waals surface area contributed by atoms with Crippen LogP contribution in [0.3, 0.4) is 0 Å². The number of rotatable bonds is 7. The second-order valence-corrected chi connectivity index (χ2v) is 6.27. The maximum absolute atomic E-state index is 12.6. The number of aromatic nitrogens is 2. The van der Waals surface area contributed by atoms with Crippen LogP contribution in [-0.4, -0.2) is 72.1 Å². The summed E-state index contributed by atoms with van der Waals surface area (Å²) in [5.74, 6) is 0.499. The fourth-order valence-electron chi connectivity index (χ4n) is 2.93. The van der Waals surface area contributed by atoms with Crippen LogP contribution in [0.1, 0.15) is 15.9 Å². The third-order valence-electron chi connectivity index (χ3n) is 4.40. The quantitative estimate of drug-likeness (QED) is 0.759. The number of piperazine rings is 1. The molecular formula is C19H25N5O2. The van der Waals surface area contributed by atoms with Crippen LogP contribution in [0.2, 0.25) is 0 Å². The average Bonchev–Trinajstić information content (AvgIpc) is 2.70. The van der Waals surface area contributed by atoms with E-state index in [0.29, 0.717) is 24.7 Å². The molecule has 0 bridgehead atoms. The van der Waals surface area contributed by atoms with Gasteiger partial charge in [0.1, 0.15) is 0 Å². The van der Waals surface area contributed by atoms with E-state index in [1.54, 1.807) is 19.5 Å². The monoisotopic (exact) mass is 355 g/mol. The van der Waals surface area contributed by atoms with Gasteiger partial charge in [-0.25, -0.2) is 9.97 Å². The van der Waals surface area contributed by atoms with Gasteiger partial charge in [-0.1, -0.05) is 30.3 Å². The average molecular weight is 355 g/mol. The maximum atomic E-state index is 12.6. The highest BCUT2D eigenvalue weighted by Crippen LogP contribution is 2.11. The SMILES string of the molecule is COCCNc1ncc(C(=O)N2CCN(Cc3ccccc3)CC2)cn1. The second kappa shape index (κ2) is 9.26. The van der Waals surface area contributed by atoms with E-state index in [1.165, 1.54) is 5.56 Å². The zero-order valence-corrected chi connectivity index (χ0v) is 15.1. The van der Waals surface area contributed by atoms with E-state index in [4.69, 9.17) is 4.74 Å². The van der Waals surface area contributed by atoms with Crippen LogP contribution in [0, 0.1) is 0 Å². The van der Waals surface area contributed by atoms with Crippen molar-refractivity contribution in [3.8, 4) is 0 Å². The summed E-state index contributed by atoms with van der Waals surface area (Å²) in [5.41, 5.74) is 1.83. The van der Waals surface area contributed by atoms with E-state index in [0.717, 1.165) is 32.7 Å². The van der Waals surface area contributed by atoms with Crippen LogP contribution in [0.4, 0.5) is 5.95 Å². The number of amides is 1. The molecule has 0 unspecified atom stereocenters. The van der Waals surface area contributed by atoms with Crippen LogP contribution >= 0.6 is 0 Å². The van der Waals surface area contributed by atoms with Gasteiger partial charge in [-0.15, -0.1) is 0 Å². The van der Waals surface area contributed by atoms with Crippen molar-refractivity contribution in [2.75, 3.05) is 51.8 Å². The summed E-state index contributed by atoms with van der Waals surface area (Å²) < 4.78 is 4.97. The van der Waals surface area contributed by atoms with E-state index < -0.39 is 0 Å². The van der Waals surface area contributed by atoms with Crippen LogP contribution < -0.4 is 5.32 Å². The van der Waals surface area contributed by atoms with Crippen molar-refractivity contribution >= 4 is 11.9 Å². The van der Waals surface area contributed by atoms with Gasteiger partial charge >= 0.3 is 0 Å². The summed E-state index contributed by atoms with van der Waals surface area (Å²) in [6.07, 6.45) is 3.17. The highest BCUT2D eigenvalue weighted by Gasteiger charge is 2.22. The minimum atomic E-state index is -0.00666. The van der Waals surface area contributed by atoms with E-state index in [-0.39, 0.29) is 5.91 Å². The summed E-state index contributed by atoms with van der Waals surface area (Å²) in [5, 5.41) is 3.04. The Morgan fingerprint density at radius 1 is 1.12 bits per heavy atom. The molecule has 0 saturated carbocycles. The molecule has 0 spiro atoms.